The van der Waals surface area contributed by atoms with Crippen molar-refractivity contribution in [1.82, 2.24) is 4.98 Å². The third-order valence-electron chi connectivity index (χ3n) is 4.10. The van der Waals surface area contributed by atoms with Gasteiger partial charge in [0.1, 0.15) is 12.2 Å². The SMILES string of the molecule is O=C1O[C@H]([C@@H](O)CO)[C@@H](O)[C@@]1(O)Cc1c[nH]c2ccccc12. The summed E-state index contributed by atoms with van der Waals surface area (Å²) in [7, 11) is 0. The molecule has 4 atom stereocenters. The van der Waals surface area contributed by atoms with Crippen molar-refractivity contribution in [2.24, 2.45) is 0 Å². The summed E-state index contributed by atoms with van der Waals surface area (Å²) in [4.78, 5) is 15.0. The molecule has 0 saturated carbocycles. The van der Waals surface area contributed by atoms with Gasteiger partial charge in [0, 0.05) is 23.5 Å². The van der Waals surface area contributed by atoms with Gasteiger partial charge < -0.3 is 30.1 Å². The maximum absolute atomic E-state index is 12.0. The van der Waals surface area contributed by atoms with E-state index in [2.05, 4.69) is 4.98 Å². The summed E-state index contributed by atoms with van der Waals surface area (Å²) in [6.07, 6.45) is -2.94. The van der Waals surface area contributed by atoms with Gasteiger partial charge in [-0.1, -0.05) is 18.2 Å². The molecule has 0 unspecified atom stereocenters. The van der Waals surface area contributed by atoms with Crippen molar-refractivity contribution in [3.8, 4) is 0 Å². The molecule has 1 aromatic carbocycles. The maximum atomic E-state index is 12.0. The fourth-order valence-electron chi connectivity index (χ4n) is 2.82. The lowest BCUT2D eigenvalue weighted by Gasteiger charge is -2.24. The zero-order valence-electron chi connectivity index (χ0n) is 11.6. The van der Waals surface area contributed by atoms with Gasteiger partial charge >= 0.3 is 5.97 Å². The molecule has 1 fully saturated rings. The minimum absolute atomic E-state index is 0.161. The topological polar surface area (TPSA) is 123 Å². The van der Waals surface area contributed by atoms with Gasteiger partial charge in [-0.3, -0.25) is 0 Å². The predicted molar refractivity (Wildman–Crippen MR) is 75.9 cm³/mol. The molecule has 3 rings (SSSR count). The number of rotatable bonds is 4. The minimum atomic E-state index is -2.16. The van der Waals surface area contributed by atoms with E-state index in [4.69, 9.17) is 9.84 Å². The van der Waals surface area contributed by atoms with Gasteiger partial charge in [0.25, 0.3) is 0 Å². The van der Waals surface area contributed by atoms with Crippen LogP contribution in [0.1, 0.15) is 5.56 Å². The number of aromatic amines is 1. The lowest BCUT2D eigenvalue weighted by Crippen LogP contribution is -2.50. The van der Waals surface area contributed by atoms with Crippen molar-refractivity contribution in [3.05, 3.63) is 36.0 Å². The lowest BCUT2D eigenvalue weighted by molar-refractivity contribution is -0.158. The molecular formula is C15H17NO6. The molecule has 1 aromatic heterocycles. The highest BCUT2D eigenvalue weighted by molar-refractivity contribution is 5.87. The number of esters is 1. The second-order valence-corrected chi connectivity index (χ2v) is 5.53. The quantitative estimate of drug-likeness (QED) is 0.466. The molecule has 22 heavy (non-hydrogen) atoms. The smallest absolute Gasteiger partial charge is 0.341 e. The molecule has 118 valence electrons. The molecule has 5 N–H and O–H groups in total. The van der Waals surface area contributed by atoms with E-state index in [1.807, 2.05) is 24.3 Å². The Morgan fingerprint density at radius 2 is 2.09 bits per heavy atom. The second kappa shape index (κ2) is 5.36. The van der Waals surface area contributed by atoms with Gasteiger partial charge in [-0.15, -0.1) is 0 Å². The van der Waals surface area contributed by atoms with Gasteiger partial charge in [-0.2, -0.15) is 0 Å². The van der Waals surface area contributed by atoms with E-state index in [1.165, 1.54) is 0 Å². The van der Waals surface area contributed by atoms with E-state index < -0.39 is 36.5 Å². The number of nitrogens with one attached hydrogen (secondary N) is 1. The highest BCUT2D eigenvalue weighted by Crippen LogP contribution is 2.33. The number of para-hydroxylation sites is 1. The Hall–Kier alpha value is -1.93. The van der Waals surface area contributed by atoms with Crippen LogP contribution in [0.2, 0.25) is 0 Å². The lowest BCUT2D eigenvalue weighted by atomic mass is 9.87. The van der Waals surface area contributed by atoms with Gasteiger partial charge in [0.15, 0.2) is 11.7 Å². The van der Waals surface area contributed by atoms with Crippen LogP contribution in [0, 0.1) is 0 Å². The number of carbonyl (C=O) groups is 1. The van der Waals surface area contributed by atoms with Crippen LogP contribution in [0.5, 0.6) is 0 Å². The molecule has 7 heteroatoms. The Kier molecular flexibility index (Phi) is 3.65. The fraction of sp³-hybridized carbons (Fsp3) is 0.400. The molecule has 7 nitrogen and oxygen atoms in total. The molecule has 1 saturated heterocycles. The van der Waals surface area contributed by atoms with Gasteiger partial charge in [-0.05, 0) is 11.6 Å². The normalized spacial score (nSPS) is 29.7. The van der Waals surface area contributed by atoms with Crippen molar-refractivity contribution in [2.75, 3.05) is 6.61 Å². The summed E-state index contributed by atoms with van der Waals surface area (Å²) >= 11 is 0. The molecule has 0 radical (unpaired) electrons. The number of cyclic esters (lactones) is 1. The van der Waals surface area contributed by atoms with E-state index in [9.17, 15) is 20.1 Å². The monoisotopic (exact) mass is 307 g/mol. The summed E-state index contributed by atoms with van der Waals surface area (Å²) in [5.41, 5.74) is -0.673. The van der Waals surface area contributed by atoms with Crippen LogP contribution in [-0.2, 0) is 16.0 Å². The molecule has 0 bridgehead atoms. The standard InChI is InChI=1S/C15H17NO6/c17-7-11(18)12-13(19)15(21,14(20)22-12)5-8-6-16-10-4-2-1-3-9(8)10/h1-4,6,11-13,16-19,21H,5,7H2/t11-,12+,13+,15-/m0/s1. The molecule has 0 amide bonds. The molecule has 2 aromatic rings. The van der Waals surface area contributed by atoms with Crippen molar-refractivity contribution < 1.29 is 30.0 Å². The fourth-order valence-corrected chi connectivity index (χ4v) is 2.82. The first-order valence-corrected chi connectivity index (χ1v) is 6.93. The number of hydrogen-bond acceptors (Lipinski definition) is 6. The number of fused-ring (bicyclic) bond motifs is 1. The van der Waals surface area contributed by atoms with Gasteiger partial charge in [0.05, 0.1) is 6.61 Å². The average Bonchev–Trinajstić information content (AvgIpc) is 3.02. The number of aromatic nitrogens is 1. The van der Waals surface area contributed by atoms with E-state index in [0.29, 0.717) is 5.56 Å². The number of aliphatic hydroxyl groups excluding tert-OH is 3. The third-order valence-corrected chi connectivity index (χ3v) is 4.10. The predicted octanol–water partition coefficient (Wildman–Crippen LogP) is -0.919. The Morgan fingerprint density at radius 3 is 2.82 bits per heavy atom. The summed E-state index contributed by atoms with van der Waals surface area (Å²) in [5, 5.41) is 40.0. The third kappa shape index (κ3) is 2.19. The molecule has 1 aliphatic heterocycles. The first-order chi connectivity index (χ1) is 10.5. The van der Waals surface area contributed by atoms with E-state index in [-0.39, 0.29) is 6.42 Å². The van der Waals surface area contributed by atoms with Crippen molar-refractivity contribution >= 4 is 16.9 Å². The molecule has 0 aliphatic carbocycles. The van der Waals surface area contributed by atoms with Crippen LogP contribution in [0.15, 0.2) is 30.5 Å². The van der Waals surface area contributed by atoms with Crippen molar-refractivity contribution in [1.29, 1.82) is 0 Å². The first kappa shape index (κ1) is 15.0. The maximum Gasteiger partial charge on any atom is 0.341 e. The van der Waals surface area contributed by atoms with Crippen molar-refractivity contribution in [2.45, 2.75) is 30.3 Å². The Labute approximate surface area is 125 Å². The van der Waals surface area contributed by atoms with Crippen LogP contribution < -0.4 is 0 Å². The van der Waals surface area contributed by atoms with Gasteiger partial charge in [-0.25, -0.2) is 4.79 Å². The highest BCUT2D eigenvalue weighted by Gasteiger charge is 2.58. The van der Waals surface area contributed by atoms with Crippen LogP contribution >= 0.6 is 0 Å². The zero-order chi connectivity index (χ0) is 15.9. The van der Waals surface area contributed by atoms with E-state index in [1.54, 1.807) is 6.20 Å². The molecule has 1 aliphatic rings. The van der Waals surface area contributed by atoms with Crippen molar-refractivity contribution in [3.63, 3.8) is 0 Å². The van der Waals surface area contributed by atoms with Gasteiger partial charge in [0.2, 0.25) is 0 Å². The summed E-state index contributed by atoms with van der Waals surface area (Å²) in [6, 6.07) is 7.36. The largest absolute Gasteiger partial charge is 0.454 e. The summed E-state index contributed by atoms with van der Waals surface area (Å²) in [5.74, 6) is -1.01. The second-order valence-electron chi connectivity index (χ2n) is 5.53. The highest BCUT2D eigenvalue weighted by atomic mass is 16.6. The Morgan fingerprint density at radius 1 is 1.36 bits per heavy atom. The number of carbonyl (C=O) groups excluding carboxylic acids is 1. The zero-order valence-corrected chi connectivity index (χ0v) is 11.6. The Balaban J connectivity index is 1.91. The molecular weight excluding hydrogens is 290 g/mol. The number of aliphatic hydroxyl groups is 4. The summed E-state index contributed by atoms with van der Waals surface area (Å²) in [6.45, 7) is -0.682. The average molecular weight is 307 g/mol. The minimum Gasteiger partial charge on any atom is -0.454 e. The van der Waals surface area contributed by atoms with Crippen LogP contribution in [0.4, 0.5) is 0 Å². The van der Waals surface area contributed by atoms with Crippen LogP contribution in [0.25, 0.3) is 10.9 Å². The van der Waals surface area contributed by atoms with E-state index >= 15 is 0 Å². The Bertz CT molecular complexity index is 698. The molecule has 0 spiro atoms. The molecule has 2 heterocycles. The van der Waals surface area contributed by atoms with E-state index in [0.717, 1.165) is 10.9 Å². The number of hydrogen-bond donors (Lipinski definition) is 5. The van der Waals surface area contributed by atoms with Crippen LogP contribution in [0.3, 0.4) is 0 Å². The number of H-pyrrole nitrogens is 1. The summed E-state index contributed by atoms with van der Waals surface area (Å²) < 4.78 is 4.84. The van der Waals surface area contributed by atoms with Crippen LogP contribution in [-0.4, -0.2) is 61.9 Å². The number of ether oxygens (including phenoxy) is 1. The first-order valence-electron chi connectivity index (χ1n) is 6.93. The number of benzene rings is 1.